The highest BCUT2D eigenvalue weighted by molar-refractivity contribution is 5.94. The van der Waals surface area contributed by atoms with E-state index in [0.29, 0.717) is 36.7 Å². The number of hydrogen-bond donors (Lipinski definition) is 3. The van der Waals surface area contributed by atoms with E-state index in [-0.39, 0.29) is 5.91 Å². The summed E-state index contributed by atoms with van der Waals surface area (Å²) in [6.07, 6.45) is 1.80. The number of nitrogens with one attached hydrogen (secondary N) is 2. The molecule has 1 amide bonds. The lowest BCUT2D eigenvalue weighted by Crippen LogP contribution is -2.32. The van der Waals surface area contributed by atoms with Crippen LogP contribution in [0.3, 0.4) is 0 Å². The molecule has 1 aliphatic heterocycles. The van der Waals surface area contributed by atoms with Gasteiger partial charge in [0, 0.05) is 31.2 Å². The molecular weight excluding hydrogens is 304 g/mol. The summed E-state index contributed by atoms with van der Waals surface area (Å²) >= 11 is 0. The van der Waals surface area contributed by atoms with Crippen LogP contribution in [-0.4, -0.2) is 49.6 Å². The number of rotatable bonds is 8. The van der Waals surface area contributed by atoms with E-state index in [1.807, 2.05) is 31.3 Å². The smallest absolute Gasteiger partial charge is 0.253 e. The molecule has 1 fully saturated rings. The number of carbonyl (C=O) groups is 1. The molecule has 1 aliphatic rings. The standard InChI is InChI=1S/C18H30N4O2/c1-13-17(14(2)21-20-13)9-11-22(3)18(23)15-5-7-16(8-6-15)24-12-4-10-19/h5-8,13-14,17,20-21H,4,9-12,19H2,1-3H3. The van der Waals surface area contributed by atoms with Crippen LogP contribution in [0.2, 0.25) is 0 Å². The minimum Gasteiger partial charge on any atom is -0.494 e. The van der Waals surface area contributed by atoms with Gasteiger partial charge in [0.1, 0.15) is 5.75 Å². The molecule has 0 spiro atoms. The number of ether oxygens (including phenoxy) is 1. The Morgan fingerprint density at radius 1 is 1.21 bits per heavy atom. The molecule has 1 aromatic rings. The monoisotopic (exact) mass is 334 g/mol. The molecule has 1 aromatic carbocycles. The summed E-state index contributed by atoms with van der Waals surface area (Å²) in [6.45, 7) is 6.31. The summed E-state index contributed by atoms with van der Waals surface area (Å²) in [5.74, 6) is 1.34. The third-order valence-electron chi connectivity index (χ3n) is 4.69. The van der Waals surface area contributed by atoms with Gasteiger partial charge in [0.15, 0.2) is 0 Å². The first kappa shape index (κ1) is 18.7. The summed E-state index contributed by atoms with van der Waals surface area (Å²) in [5, 5.41) is 0. The van der Waals surface area contributed by atoms with Crippen LogP contribution in [-0.2, 0) is 0 Å². The van der Waals surface area contributed by atoms with Crippen molar-refractivity contribution in [3.05, 3.63) is 29.8 Å². The topological polar surface area (TPSA) is 79.6 Å². The van der Waals surface area contributed by atoms with E-state index in [4.69, 9.17) is 10.5 Å². The van der Waals surface area contributed by atoms with Gasteiger partial charge in [-0.05, 0) is 63.4 Å². The van der Waals surface area contributed by atoms with Crippen LogP contribution in [0, 0.1) is 5.92 Å². The summed E-state index contributed by atoms with van der Waals surface area (Å²) in [5.41, 5.74) is 12.6. The van der Waals surface area contributed by atoms with E-state index >= 15 is 0 Å². The van der Waals surface area contributed by atoms with Crippen molar-refractivity contribution in [3.8, 4) is 5.75 Å². The minimum atomic E-state index is 0.0442. The van der Waals surface area contributed by atoms with E-state index in [2.05, 4.69) is 24.7 Å². The Hall–Kier alpha value is -1.63. The Morgan fingerprint density at radius 3 is 2.42 bits per heavy atom. The van der Waals surface area contributed by atoms with E-state index in [0.717, 1.165) is 25.1 Å². The maximum atomic E-state index is 12.5. The number of benzene rings is 1. The third kappa shape index (κ3) is 4.93. The van der Waals surface area contributed by atoms with E-state index < -0.39 is 0 Å². The number of hydrogen-bond acceptors (Lipinski definition) is 5. The summed E-state index contributed by atoms with van der Waals surface area (Å²) in [4.78, 5) is 14.3. The quantitative estimate of drug-likeness (QED) is 0.626. The highest BCUT2D eigenvalue weighted by atomic mass is 16.5. The van der Waals surface area contributed by atoms with Gasteiger partial charge in [0.05, 0.1) is 6.61 Å². The summed E-state index contributed by atoms with van der Waals surface area (Å²) in [6, 6.07) is 8.17. The lowest BCUT2D eigenvalue weighted by Gasteiger charge is -2.23. The van der Waals surface area contributed by atoms with Gasteiger partial charge in [-0.2, -0.15) is 0 Å². The molecule has 2 unspecified atom stereocenters. The van der Waals surface area contributed by atoms with Crippen LogP contribution < -0.4 is 21.3 Å². The van der Waals surface area contributed by atoms with Gasteiger partial charge < -0.3 is 15.4 Å². The first-order valence-corrected chi connectivity index (χ1v) is 8.72. The molecule has 2 atom stereocenters. The van der Waals surface area contributed by atoms with Gasteiger partial charge in [-0.15, -0.1) is 0 Å². The molecule has 6 nitrogen and oxygen atoms in total. The van der Waals surface area contributed by atoms with Gasteiger partial charge in [-0.3, -0.25) is 15.6 Å². The van der Waals surface area contributed by atoms with Crippen LogP contribution in [0.25, 0.3) is 0 Å². The van der Waals surface area contributed by atoms with Gasteiger partial charge in [0.25, 0.3) is 5.91 Å². The maximum Gasteiger partial charge on any atom is 0.253 e. The Labute approximate surface area is 144 Å². The zero-order valence-electron chi connectivity index (χ0n) is 14.9. The zero-order chi connectivity index (χ0) is 17.5. The number of carbonyl (C=O) groups excluding carboxylic acids is 1. The molecule has 134 valence electrons. The van der Waals surface area contributed by atoms with Crippen LogP contribution in [0.1, 0.15) is 37.0 Å². The molecule has 1 heterocycles. The minimum absolute atomic E-state index is 0.0442. The molecule has 0 bridgehead atoms. The number of amides is 1. The van der Waals surface area contributed by atoms with Crippen LogP contribution in [0.15, 0.2) is 24.3 Å². The molecule has 0 aromatic heterocycles. The van der Waals surface area contributed by atoms with Crippen molar-refractivity contribution in [2.24, 2.45) is 11.7 Å². The Kier molecular flexibility index (Phi) is 7.02. The van der Waals surface area contributed by atoms with Gasteiger partial charge in [0.2, 0.25) is 0 Å². The third-order valence-corrected chi connectivity index (χ3v) is 4.69. The van der Waals surface area contributed by atoms with Crippen molar-refractivity contribution in [2.75, 3.05) is 26.7 Å². The van der Waals surface area contributed by atoms with Crippen molar-refractivity contribution in [1.82, 2.24) is 15.8 Å². The average Bonchev–Trinajstić information content (AvgIpc) is 2.91. The van der Waals surface area contributed by atoms with Crippen molar-refractivity contribution >= 4 is 5.91 Å². The van der Waals surface area contributed by atoms with Crippen molar-refractivity contribution in [3.63, 3.8) is 0 Å². The Bertz CT molecular complexity index is 510. The van der Waals surface area contributed by atoms with Crippen molar-refractivity contribution < 1.29 is 9.53 Å². The second kappa shape index (κ2) is 9.01. The predicted molar refractivity (Wildman–Crippen MR) is 95.9 cm³/mol. The van der Waals surface area contributed by atoms with Crippen LogP contribution >= 0.6 is 0 Å². The normalized spacial score (nSPS) is 23.2. The Balaban J connectivity index is 1.83. The first-order chi connectivity index (χ1) is 11.5. The van der Waals surface area contributed by atoms with Crippen LogP contribution in [0.4, 0.5) is 0 Å². The fraction of sp³-hybridized carbons (Fsp3) is 0.611. The van der Waals surface area contributed by atoms with Gasteiger partial charge >= 0.3 is 0 Å². The van der Waals surface area contributed by atoms with Gasteiger partial charge in [-0.1, -0.05) is 0 Å². The maximum absolute atomic E-state index is 12.5. The zero-order valence-corrected chi connectivity index (χ0v) is 14.9. The van der Waals surface area contributed by atoms with Crippen LogP contribution in [0.5, 0.6) is 5.75 Å². The SMILES string of the molecule is CC1NNC(C)C1CCN(C)C(=O)c1ccc(OCCCN)cc1. The fourth-order valence-electron chi connectivity index (χ4n) is 3.04. The molecule has 1 saturated heterocycles. The molecular formula is C18H30N4O2. The lowest BCUT2D eigenvalue weighted by molar-refractivity contribution is 0.0785. The fourth-order valence-corrected chi connectivity index (χ4v) is 3.04. The van der Waals surface area contributed by atoms with Crippen molar-refractivity contribution in [1.29, 1.82) is 0 Å². The molecule has 6 heteroatoms. The molecule has 4 N–H and O–H groups in total. The van der Waals surface area contributed by atoms with Crippen molar-refractivity contribution in [2.45, 2.75) is 38.8 Å². The molecule has 0 saturated carbocycles. The highest BCUT2D eigenvalue weighted by Gasteiger charge is 2.29. The lowest BCUT2D eigenvalue weighted by atomic mass is 9.93. The second-order valence-corrected chi connectivity index (χ2v) is 6.56. The number of nitrogens with two attached hydrogens (primary N) is 1. The predicted octanol–water partition coefficient (Wildman–Crippen LogP) is 1.38. The molecule has 0 radical (unpaired) electrons. The highest BCUT2D eigenvalue weighted by Crippen LogP contribution is 2.19. The van der Waals surface area contributed by atoms with E-state index in [1.54, 1.807) is 4.90 Å². The van der Waals surface area contributed by atoms with E-state index in [9.17, 15) is 4.79 Å². The Morgan fingerprint density at radius 2 is 1.83 bits per heavy atom. The summed E-state index contributed by atoms with van der Waals surface area (Å²) in [7, 11) is 1.86. The second-order valence-electron chi connectivity index (χ2n) is 6.56. The molecule has 0 aliphatic carbocycles. The first-order valence-electron chi connectivity index (χ1n) is 8.72. The summed E-state index contributed by atoms with van der Waals surface area (Å²) < 4.78 is 5.56. The molecule has 24 heavy (non-hydrogen) atoms. The molecule has 2 rings (SSSR count). The van der Waals surface area contributed by atoms with Gasteiger partial charge in [-0.25, -0.2) is 0 Å². The average molecular weight is 334 g/mol. The number of nitrogens with zero attached hydrogens (tertiary/aromatic N) is 1. The van der Waals surface area contributed by atoms with E-state index in [1.165, 1.54) is 0 Å². The largest absolute Gasteiger partial charge is 0.494 e. The number of hydrazine groups is 1.